The second kappa shape index (κ2) is 7.08. The predicted octanol–water partition coefficient (Wildman–Crippen LogP) is 3.71. The zero-order chi connectivity index (χ0) is 12.6. The molecule has 0 spiro atoms. The van der Waals surface area contributed by atoms with Crippen LogP contribution in [0, 0.1) is 0 Å². The maximum absolute atomic E-state index is 9.75. The van der Waals surface area contributed by atoms with E-state index in [0.717, 1.165) is 12.8 Å². The van der Waals surface area contributed by atoms with Gasteiger partial charge in [-0.1, -0.05) is 13.0 Å². The summed E-state index contributed by atoms with van der Waals surface area (Å²) in [6.07, 6.45) is 9.77. The van der Waals surface area contributed by atoms with Gasteiger partial charge in [0.15, 0.2) is 0 Å². The highest BCUT2D eigenvalue weighted by atomic mass is 19.5. The molecule has 1 aromatic rings. The number of rotatable bonds is 4. The van der Waals surface area contributed by atoms with Gasteiger partial charge in [-0.15, -0.1) is 6.58 Å². The summed E-state index contributed by atoms with van der Waals surface area (Å²) in [6.45, 7) is 5.90. The van der Waals surface area contributed by atoms with Crippen LogP contribution in [-0.4, -0.2) is 16.8 Å². The standard InChI is InChI=1S/C9H14N2.BF4/c1-3-5-9(4-2)11-7-6-10-8-11;2-1(3,4)5/h3,6-9H,1,4-5H2,2H3;/q;-1. The van der Waals surface area contributed by atoms with Crippen LogP contribution >= 0.6 is 0 Å². The van der Waals surface area contributed by atoms with E-state index in [1.807, 2.05) is 24.8 Å². The maximum Gasteiger partial charge on any atom is 0.673 e. The van der Waals surface area contributed by atoms with Crippen molar-refractivity contribution >= 4 is 7.25 Å². The second-order valence-electron chi connectivity index (χ2n) is 3.09. The fraction of sp³-hybridized carbons (Fsp3) is 0.444. The van der Waals surface area contributed by atoms with E-state index in [9.17, 15) is 17.3 Å². The van der Waals surface area contributed by atoms with Crippen LogP contribution < -0.4 is 0 Å². The lowest BCUT2D eigenvalue weighted by atomic mass is 10.1. The van der Waals surface area contributed by atoms with Gasteiger partial charge in [0.2, 0.25) is 0 Å². The van der Waals surface area contributed by atoms with E-state index in [-0.39, 0.29) is 0 Å². The maximum atomic E-state index is 9.75. The summed E-state index contributed by atoms with van der Waals surface area (Å²) in [7, 11) is -6.00. The van der Waals surface area contributed by atoms with E-state index < -0.39 is 7.25 Å². The SMILES string of the molecule is C=CCC(CC)n1ccnc1.F[B-](F)(F)F. The number of nitrogens with zero attached hydrogens (tertiary/aromatic N) is 2. The van der Waals surface area contributed by atoms with Crippen LogP contribution in [0.1, 0.15) is 25.8 Å². The predicted molar refractivity (Wildman–Crippen MR) is 56.6 cm³/mol. The van der Waals surface area contributed by atoms with Crippen molar-refractivity contribution in [2.24, 2.45) is 0 Å². The second-order valence-corrected chi connectivity index (χ2v) is 3.09. The Kier molecular flexibility index (Phi) is 6.52. The van der Waals surface area contributed by atoms with Gasteiger partial charge in [0.05, 0.1) is 6.33 Å². The smallest absolute Gasteiger partial charge is 0.418 e. The molecular weight excluding hydrogens is 223 g/mol. The fourth-order valence-electron chi connectivity index (χ4n) is 1.18. The third kappa shape index (κ3) is 8.08. The molecule has 1 aromatic heterocycles. The number of hydrogen-bond donors (Lipinski definition) is 0. The molecule has 0 fully saturated rings. The van der Waals surface area contributed by atoms with Crippen LogP contribution in [0.15, 0.2) is 31.4 Å². The molecule has 0 aromatic carbocycles. The van der Waals surface area contributed by atoms with Gasteiger partial charge in [-0.05, 0) is 12.8 Å². The number of allylic oxidation sites excluding steroid dienone is 1. The average molecular weight is 237 g/mol. The average Bonchev–Trinajstić information content (AvgIpc) is 2.64. The highest BCUT2D eigenvalue weighted by Crippen LogP contribution is 2.14. The molecule has 92 valence electrons. The van der Waals surface area contributed by atoms with Crippen molar-refractivity contribution in [3.8, 4) is 0 Å². The largest absolute Gasteiger partial charge is 0.673 e. The lowest BCUT2D eigenvalue weighted by Gasteiger charge is -2.13. The fourth-order valence-corrected chi connectivity index (χ4v) is 1.18. The molecule has 0 saturated carbocycles. The Morgan fingerprint density at radius 3 is 2.31 bits per heavy atom. The van der Waals surface area contributed by atoms with E-state index >= 15 is 0 Å². The van der Waals surface area contributed by atoms with Crippen molar-refractivity contribution in [3.63, 3.8) is 0 Å². The third-order valence-corrected chi connectivity index (χ3v) is 1.86. The van der Waals surface area contributed by atoms with E-state index in [4.69, 9.17) is 0 Å². The molecule has 0 aliphatic carbocycles. The lowest BCUT2D eigenvalue weighted by Crippen LogP contribution is -2.03. The Hall–Kier alpha value is -1.27. The van der Waals surface area contributed by atoms with Gasteiger partial charge in [-0.3, -0.25) is 0 Å². The van der Waals surface area contributed by atoms with E-state index in [1.54, 1.807) is 0 Å². The first-order valence-electron chi connectivity index (χ1n) is 4.84. The molecule has 1 atom stereocenters. The van der Waals surface area contributed by atoms with Gasteiger partial charge >= 0.3 is 7.25 Å². The summed E-state index contributed by atoms with van der Waals surface area (Å²) in [6, 6.07) is 0.537. The summed E-state index contributed by atoms with van der Waals surface area (Å²) in [4.78, 5) is 4.00. The van der Waals surface area contributed by atoms with Crippen LogP contribution in [-0.2, 0) is 0 Å². The molecule has 0 N–H and O–H groups in total. The van der Waals surface area contributed by atoms with Crippen molar-refractivity contribution in [1.82, 2.24) is 9.55 Å². The van der Waals surface area contributed by atoms with Gasteiger partial charge in [0.25, 0.3) is 0 Å². The monoisotopic (exact) mass is 237 g/mol. The zero-order valence-corrected chi connectivity index (χ0v) is 8.99. The molecule has 7 heteroatoms. The summed E-state index contributed by atoms with van der Waals surface area (Å²) in [5.41, 5.74) is 0. The highest BCUT2D eigenvalue weighted by molar-refractivity contribution is 6.50. The van der Waals surface area contributed by atoms with Gasteiger partial charge < -0.3 is 21.8 Å². The molecule has 1 rings (SSSR count). The Bertz CT molecular complexity index is 278. The lowest BCUT2D eigenvalue weighted by molar-refractivity contribution is 0.368. The van der Waals surface area contributed by atoms with Crippen LogP contribution in [0.5, 0.6) is 0 Å². The summed E-state index contributed by atoms with van der Waals surface area (Å²) in [5, 5.41) is 0. The number of imidazole rings is 1. The van der Waals surface area contributed by atoms with Crippen LogP contribution in [0.2, 0.25) is 0 Å². The number of halogens is 4. The molecule has 0 saturated heterocycles. The Balaban J connectivity index is 0.000000385. The van der Waals surface area contributed by atoms with Gasteiger partial charge in [0, 0.05) is 18.4 Å². The van der Waals surface area contributed by atoms with Gasteiger partial charge in [-0.2, -0.15) is 0 Å². The van der Waals surface area contributed by atoms with Crippen LogP contribution in [0.3, 0.4) is 0 Å². The number of aromatic nitrogens is 2. The van der Waals surface area contributed by atoms with Crippen molar-refractivity contribution in [3.05, 3.63) is 31.4 Å². The Morgan fingerprint density at radius 2 is 2.00 bits per heavy atom. The first kappa shape index (κ1) is 14.7. The first-order valence-corrected chi connectivity index (χ1v) is 4.84. The summed E-state index contributed by atoms with van der Waals surface area (Å²) >= 11 is 0. The molecular formula is C9H14BF4N2-. The molecule has 1 heterocycles. The Morgan fingerprint density at radius 1 is 1.44 bits per heavy atom. The van der Waals surface area contributed by atoms with Crippen LogP contribution in [0.25, 0.3) is 0 Å². The molecule has 0 radical (unpaired) electrons. The molecule has 0 aliphatic rings. The molecule has 0 amide bonds. The molecule has 16 heavy (non-hydrogen) atoms. The van der Waals surface area contributed by atoms with Crippen molar-refractivity contribution in [1.29, 1.82) is 0 Å². The van der Waals surface area contributed by atoms with Crippen LogP contribution in [0.4, 0.5) is 17.3 Å². The molecule has 0 bridgehead atoms. The van der Waals surface area contributed by atoms with Crippen molar-refractivity contribution in [2.45, 2.75) is 25.8 Å². The van der Waals surface area contributed by atoms with Crippen molar-refractivity contribution in [2.75, 3.05) is 0 Å². The van der Waals surface area contributed by atoms with E-state index in [0.29, 0.717) is 6.04 Å². The molecule has 1 unspecified atom stereocenters. The third-order valence-electron chi connectivity index (χ3n) is 1.86. The summed E-state index contributed by atoms with van der Waals surface area (Å²) < 4.78 is 41.1. The zero-order valence-electron chi connectivity index (χ0n) is 8.99. The van der Waals surface area contributed by atoms with Gasteiger partial charge in [-0.25, -0.2) is 4.98 Å². The topological polar surface area (TPSA) is 17.8 Å². The quantitative estimate of drug-likeness (QED) is 0.443. The van der Waals surface area contributed by atoms with E-state index in [2.05, 4.69) is 23.1 Å². The highest BCUT2D eigenvalue weighted by Gasteiger charge is 2.20. The number of hydrogen-bond acceptors (Lipinski definition) is 1. The van der Waals surface area contributed by atoms with Crippen molar-refractivity contribution < 1.29 is 17.3 Å². The first-order chi connectivity index (χ1) is 7.38. The van der Waals surface area contributed by atoms with E-state index in [1.165, 1.54) is 0 Å². The summed E-state index contributed by atoms with van der Waals surface area (Å²) in [5.74, 6) is 0. The minimum atomic E-state index is -6.00. The molecule has 2 nitrogen and oxygen atoms in total. The van der Waals surface area contributed by atoms with Gasteiger partial charge in [0.1, 0.15) is 0 Å². The minimum Gasteiger partial charge on any atom is -0.418 e. The Labute approximate surface area is 92.1 Å². The minimum absolute atomic E-state index is 0.537. The molecule has 0 aliphatic heterocycles. The normalized spacial score (nSPS) is 12.6.